The van der Waals surface area contributed by atoms with E-state index >= 15 is 0 Å². The number of aryl methyl sites for hydroxylation is 2. The molecule has 0 radical (unpaired) electrons. The Bertz CT molecular complexity index is 1130. The number of aromatic nitrogens is 2. The van der Waals surface area contributed by atoms with Crippen LogP contribution in [0, 0.1) is 6.92 Å². The number of thioether (sulfide) groups is 1. The molecule has 0 spiro atoms. The van der Waals surface area contributed by atoms with Crippen molar-refractivity contribution < 1.29 is 4.79 Å². The fraction of sp³-hybridized carbons (Fsp3) is 0.346. The Morgan fingerprint density at radius 2 is 1.71 bits per heavy atom. The van der Waals surface area contributed by atoms with Crippen LogP contribution in [0.4, 0.5) is 16.3 Å². The van der Waals surface area contributed by atoms with Crippen LogP contribution in [0.25, 0.3) is 0 Å². The number of rotatable bonds is 6. The minimum atomic E-state index is -0.0638. The first-order chi connectivity index (χ1) is 16.5. The second-order valence-corrected chi connectivity index (χ2v) is 9.63. The molecule has 4 rings (SSSR count). The maximum atomic E-state index is 12.8. The molecule has 8 heteroatoms. The molecule has 2 aromatic carbocycles. The third kappa shape index (κ3) is 5.83. The molecular formula is C26H30ClN5OS. The van der Waals surface area contributed by atoms with E-state index in [4.69, 9.17) is 21.6 Å². The lowest BCUT2D eigenvalue weighted by Gasteiger charge is -2.36. The van der Waals surface area contributed by atoms with E-state index in [9.17, 15) is 4.79 Å². The maximum Gasteiger partial charge on any atom is 0.321 e. The summed E-state index contributed by atoms with van der Waals surface area (Å²) in [6, 6.07) is 15.8. The highest BCUT2D eigenvalue weighted by atomic mass is 35.5. The second kappa shape index (κ2) is 11.1. The number of amides is 2. The maximum absolute atomic E-state index is 12.8. The smallest absolute Gasteiger partial charge is 0.321 e. The van der Waals surface area contributed by atoms with Gasteiger partial charge >= 0.3 is 6.03 Å². The number of piperazine rings is 1. The Hall–Kier alpha value is -2.77. The molecule has 1 aliphatic heterocycles. The molecule has 2 heterocycles. The Kier molecular flexibility index (Phi) is 7.95. The fourth-order valence-corrected chi connectivity index (χ4v) is 4.71. The van der Waals surface area contributed by atoms with Crippen molar-refractivity contribution in [3.8, 4) is 0 Å². The summed E-state index contributed by atoms with van der Waals surface area (Å²) in [5.41, 5.74) is 4.22. The Morgan fingerprint density at radius 1 is 1.03 bits per heavy atom. The molecule has 0 bridgehead atoms. The van der Waals surface area contributed by atoms with Crippen LogP contribution in [-0.4, -0.2) is 53.3 Å². The molecule has 3 aromatic rings. The first-order valence-electron chi connectivity index (χ1n) is 11.5. The SMILES string of the molecule is CCc1nc(C)nc(N2CCN(C(=O)Nc3ccc(SC)cc3)CC2)c1Cc1ccc(Cl)cc1. The van der Waals surface area contributed by atoms with Crippen molar-refractivity contribution in [2.75, 3.05) is 42.7 Å². The van der Waals surface area contributed by atoms with Crippen LogP contribution in [0.1, 0.15) is 29.6 Å². The molecule has 0 unspecified atom stereocenters. The molecule has 2 amide bonds. The normalized spacial score (nSPS) is 13.8. The first kappa shape index (κ1) is 24.4. The molecule has 6 nitrogen and oxygen atoms in total. The number of nitrogens with one attached hydrogen (secondary N) is 1. The van der Waals surface area contributed by atoms with E-state index in [1.807, 2.05) is 54.5 Å². The highest BCUT2D eigenvalue weighted by molar-refractivity contribution is 7.98. The lowest BCUT2D eigenvalue weighted by atomic mass is 10.0. The van der Waals surface area contributed by atoms with Gasteiger partial charge in [0, 0.05) is 59.5 Å². The van der Waals surface area contributed by atoms with Gasteiger partial charge in [-0.05, 0) is 61.6 Å². The van der Waals surface area contributed by atoms with E-state index in [1.165, 1.54) is 10.5 Å². The molecule has 0 aliphatic carbocycles. The first-order valence-corrected chi connectivity index (χ1v) is 13.1. The molecule has 178 valence electrons. The van der Waals surface area contributed by atoms with Gasteiger partial charge in [0.05, 0.1) is 0 Å². The van der Waals surface area contributed by atoms with Gasteiger partial charge in [-0.25, -0.2) is 14.8 Å². The molecular weight excluding hydrogens is 466 g/mol. The molecule has 1 fully saturated rings. The minimum absolute atomic E-state index is 0.0638. The third-order valence-corrected chi connectivity index (χ3v) is 7.02. The highest BCUT2D eigenvalue weighted by Gasteiger charge is 2.25. The number of carbonyl (C=O) groups is 1. The monoisotopic (exact) mass is 495 g/mol. The van der Waals surface area contributed by atoms with Crippen molar-refractivity contribution >= 4 is 40.9 Å². The summed E-state index contributed by atoms with van der Waals surface area (Å²) >= 11 is 7.76. The number of anilines is 2. The summed E-state index contributed by atoms with van der Waals surface area (Å²) in [6.45, 7) is 6.81. The van der Waals surface area contributed by atoms with Gasteiger partial charge in [-0.15, -0.1) is 11.8 Å². The van der Waals surface area contributed by atoms with Crippen LogP contribution in [0.5, 0.6) is 0 Å². The minimum Gasteiger partial charge on any atom is -0.353 e. The molecule has 0 atom stereocenters. The zero-order valence-corrected chi connectivity index (χ0v) is 21.4. The second-order valence-electron chi connectivity index (χ2n) is 8.31. The molecule has 1 saturated heterocycles. The van der Waals surface area contributed by atoms with Crippen LogP contribution >= 0.6 is 23.4 Å². The Balaban J connectivity index is 1.47. The van der Waals surface area contributed by atoms with Crippen molar-refractivity contribution in [1.82, 2.24) is 14.9 Å². The van der Waals surface area contributed by atoms with Crippen molar-refractivity contribution in [2.45, 2.75) is 31.6 Å². The number of halogens is 1. The van der Waals surface area contributed by atoms with Gasteiger partial charge in [0.15, 0.2) is 0 Å². The van der Waals surface area contributed by atoms with E-state index in [0.717, 1.165) is 59.5 Å². The average Bonchev–Trinajstić information content (AvgIpc) is 2.86. The number of carbonyl (C=O) groups excluding carboxylic acids is 1. The van der Waals surface area contributed by atoms with Crippen LogP contribution in [0.15, 0.2) is 53.4 Å². The van der Waals surface area contributed by atoms with E-state index in [1.54, 1.807) is 11.8 Å². The zero-order chi connectivity index (χ0) is 24.1. The summed E-state index contributed by atoms with van der Waals surface area (Å²) in [6.07, 6.45) is 3.64. The number of hydrogen-bond donors (Lipinski definition) is 1. The molecule has 0 saturated carbocycles. The van der Waals surface area contributed by atoms with Crippen LogP contribution in [-0.2, 0) is 12.8 Å². The van der Waals surface area contributed by atoms with Gasteiger partial charge in [0.2, 0.25) is 0 Å². The van der Waals surface area contributed by atoms with Crippen molar-refractivity contribution in [3.05, 3.63) is 76.2 Å². The van der Waals surface area contributed by atoms with E-state index in [0.29, 0.717) is 13.1 Å². The van der Waals surface area contributed by atoms with Crippen LogP contribution in [0.2, 0.25) is 5.02 Å². The topological polar surface area (TPSA) is 61.4 Å². The summed E-state index contributed by atoms with van der Waals surface area (Å²) in [4.78, 5) is 27.7. The zero-order valence-electron chi connectivity index (χ0n) is 19.8. The van der Waals surface area contributed by atoms with Gasteiger partial charge < -0.3 is 15.1 Å². The van der Waals surface area contributed by atoms with Crippen molar-refractivity contribution in [2.24, 2.45) is 0 Å². The number of hydrogen-bond acceptors (Lipinski definition) is 5. The van der Waals surface area contributed by atoms with Gasteiger partial charge in [-0.1, -0.05) is 30.7 Å². The predicted octanol–water partition coefficient (Wildman–Crippen LogP) is 5.67. The lowest BCUT2D eigenvalue weighted by Crippen LogP contribution is -2.50. The van der Waals surface area contributed by atoms with Crippen LogP contribution < -0.4 is 10.2 Å². The third-order valence-electron chi connectivity index (χ3n) is 6.02. The number of benzene rings is 2. The van der Waals surface area contributed by atoms with Crippen molar-refractivity contribution in [3.63, 3.8) is 0 Å². The summed E-state index contributed by atoms with van der Waals surface area (Å²) in [5, 5.41) is 3.75. The van der Waals surface area contributed by atoms with E-state index < -0.39 is 0 Å². The largest absolute Gasteiger partial charge is 0.353 e. The van der Waals surface area contributed by atoms with Gasteiger partial charge in [0.25, 0.3) is 0 Å². The van der Waals surface area contributed by atoms with Crippen LogP contribution in [0.3, 0.4) is 0 Å². The molecule has 1 N–H and O–H groups in total. The molecule has 1 aliphatic rings. The van der Waals surface area contributed by atoms with Crippen molar-refractivity contribution in [1.29, 1.82) is 0 Å². The Morgan fingerprint density at radius 3 is 2.32 bits per heavy atom. The van der Waals surface area contributed by atoms with E-state index in [2.05, 4.69) is 29.3 Å². The quantitative estimate of drug-likeness (QED) is 0.446. The van der Waals surface area contributed by atoms with Gasteiger partial charge in [0.1, 0.15) is 11.6 Å². The standard InChI is InChI=1S/C26H30ClN5OS/c1-4-24-23(17-19-5-7-20(27)8-6-19)25(29-18(2)28-24)31-13-15-32(16-14-31)26(33)30-21-9-11-22(34-3)12-10-21/h5-12H,4,13-17H2,1-3H3,(H,30,33). The van der Waals surface area contributed by atoms with Gasteiger partial charge in [-0.2, -0.15) is 0 Å². The lowest BCUT2D eigenvalue weighted by molar-refractivity contribution is 0.208. The summed E-state index contributed by atoms with van der Waals surface area (Å²) in [5.74, 6) is 1.76. The molecule has 34 heavy (non-hydrogen) atoms. The molecule has 1 aromatic heterocycles. The number of nitrogens with zero attached hydrogens (tertiary/aromatic N) is 4. The summed E-state index contributed by atoms with van der Waals surface area (Å²) < 4.78 is 0. The average molecular weight is 496 g/mol. The fourth-order valence-electron chi connectivity index (χ4n) is 4.18. The summed E-state index contributed by atoms with van der Waals surface area (Å²) in [7, 11) is 0. The highest BCUT2D eigenvalue weighted by Crippen LogP contribution is 2.27. The van der Waals surface area contributed by atoms with E-state index in [-0.39, 0.29) is 6.03 Å². The van der Waals surface area contributed by atoms with Gasteiger partial charge in [-0.3, -0.25) is 0 Å². The number of urea groups is 1. The predicted molar refractivity (Wildman–Crippen MR) is 141 cm³/mol. The Labute approximate surface area is 210 Å².